The van der Waals surface area contributed by atoms with Crippen molar-refractivity contribution >= 4 is 23.2 Å². The summed E-state index contributed by atoms with van der Waals surface area (Å²) in [4.78, 5) is 27.6. The third-order valence-corrected chi connectivity index (χ3v) is 7.06. The minimum absolute atomic E-state index is 0.0219. The van der Waals surface area contributed by atoms with Gasteiger partial charge in [-0.1, -0.05) is 0 Å². The van der Waals surface area contributed by atoms with Crippen LogP contribution in [0.25, 0.3) is 11.4 Å². The van der Waals surface area contributed by atoms with Gasteiger partial charge in [0.2, 0.25) is 11.9 Å². The maximum Gasteiger partial charge on any atom is 0.301 e. The van der Waals surface area contributed by atoms with Crippen LogP contribution in [0.2, 0.25) is 0 Å². The molecule has 0 aliphatic carbocycles. The first kappa shape index (κ1) is 28.7. The number of nitrogens with zero attached hydrogens (tertiary/aromatic N) is 6. The predicted octanol–water partition coefficient (Wildman–Crippen LogP) is 4.07. The zero-order valence-electron chi connectivity index (χ0n) is 22.8. The van der Waals surface area contributed by atoms with Crippen molar-refractivity contribution < 1.29 is 28.2 Å². The molecule has 2 fully saturated rings. The predicted molar refractivity (Wildman–Crippen MR) is 150 cm³/mol. The van der Waals surface area contributed by atoms with Crippen LogP contribution in [-0.2, 0) is 9.53 Å². The van der Waals surface area contributed by atoms with Crippen LogP contribution in [-0.4, -0.2) is 81.8 Å². The number of hydrogen-bond donors (Lipinski definition) is 2. The van der Waals surface area contributed by atoms with Crippen molar-refractivity contribution in [3.05, 3.63) is 66.7 Å². The van der Waals surface area contributed by atoms with E-state index in [0.29, 0.717) is 18.7 Å². The number of aliphatic hydroxyl groups is 1. The number of nitrogens with one attached hydrogen (secondary N) is 1. The zero-order chi connectivity index (χ0) is 29.7. The van der Waals surface area contributed by atoms with E-state index < -0.39 is 24.5 Å². The molecule has 0 radical (unpaired) electrons. The number of anilines is 3. The van der Waals surface area contributed by atoms with Crippen LogP contribution in [0.3, 0.4) is 0 Å². The van der Waals surface area contributed by atoms with E-state index in [1.54, 1.807) is 12.1 Å². The number of benzene rings is 2. The van der Waals surface area contributed by atoms with E-state index in [4.69, 9.17) is 14.6 Å². The molecule has 0 spiro atoms. The monoisotopic (exact) mass is 577 g/mol. The number of aliphatic hydroxyl groups excluding tert-OH is 1. The number of aromatic nitrogens is 3. The van der Waals surface area contributed by atoms with E-state index in [-0.39, 0.29) is 42.2 Å². The molecule has 2 saturated heterocycles. The van der Waals surface area contributed by atoms with Crippen molar-refractivity contribution in [3.63, 3.8) is 0 Å². The highest BCUT2D eigenvalue weighted by atomic mass is 19.3. The third kappa shape index (κ3) is 6.55. The minimum atomic E-state index is -3.26. The van der Waals surface area contributed by atoms with E-state index in [9.17, 15) is 18.8 Å². The Hall–Kier alpha value is -4.83. The number of carbonyl (C=O) groups excluding carboxylic acids is 1. The van der Waals surface area contributed by atoms with Crippen LogP contribution >= 0.6 is 0 Å². The highest BCUT2D eigenvalue weighted by molar-refractivity contribution is 5.73. The number of likely N-dealkylation sites (tertiary alicyclic amines) is 1. The van der Waals surface area contributed by atoms with Crippen LogP contribution in [0.15, 0.2) is 61.1 Å². The van der Waals surface area contributed by atoms with Crippen LogP contribution in [0.4, 0.5) is 26.1 Å². The Morgan fingerprint density at radius 3 is 2.76 bits per heavy atom. The Bertz CT molecular complexity index is 1500. The van der Waals surface area contributed by atoms with Crippen LogP contribution in [0.5, 0.6) is 5.75 Å². The first-order valence-corrected chi connectivity index (χ1v) is 13.3. The summed E-state index contributed by atoms with van der Waals surface area (Å²) >= 11 is 0. The molecule has 13 heteroatoms. The molecule has 1 aromatic heterocycles. The lowest BCUT2D eigenvalue weighted by Crippen LogP contribution is -2.54. The molecule has 2 aromatic carbocycles. The Kier molecular flexibility index (Phi) is 8.44. The van der Waals surface area contributed by atoms with Crippen molar-refractivity contribution in [2.45, 2.75) is 31.5 Å². The third-order valence-electron chi connectivity index (χ3n) is 7.06. The molecule has 218 valence electrons. The average Bonchev–Trinajstić information content (AvgIpc) is 2.99. The van der Waals surface area contributed by atoms with E-state index in [0.717, 1.165) is 29.1 Å². The molecule has 42 heavy (non-hydrogen) atoms. The number of ether oxygens (including phenoxy) is 2. The van der Waals surface area contributed by atoms with Crippen molar-refractivity contribution in [3.8, 4) is 23.2 Å². The molecular formula is C29H29F2N7O4. The normalized spacial score (nSPS) is 20.2. The van der Waals surface area contributed by atoms with Gasteiger partial charge in [-0.15, -0.1) is 0 Å². The van der Waals surface area contributed by atoms with Crippen LogP contribution in [0.1, 0.15) is 18.9 Å². The van der Waals surface area contributed by atoms with Gasteiger partial charge in [-0.3, -0.25) is 4.79 Å². The lowest BCUT2D eigenvalue weighted by molar-refractivity contribution is -0.158. The molecule has 11 nitrogen and oxygen atoms in total. The van der Waals surface area contributed by atoms with E-state index >= 15 is 0 Å². The van der Waals surface area contributed by atoms with E-state index in [2.05, 4.69) is 25.2 Å². The second-order valence-electron chi connectivity index (χ2n) is 9.92. The van der Waals surface area contributed by atoms with Crippen molar-refractivity contribution in [1.29, 1.82) is 5.26 Å². The molecule has 2 aliphatic heterocycles. The average molecular weight is 578 g/mol. The number of hydrogen-bond acceptors (Lipinski definition) is 10. The molecule has 3 aromatic rings. The summed E-state index contributed by atoms with van der Waals surface area (Å²) in [6.45, 7) is 2.57. The maximum absolute atomic E-state index is 14.7. The lowest BCUT2D eigenvalue weighted by Gasteiger charge is -2.37. The van der Waals surface area contributed by atoms with Gasteiger partial charge in [-0.05, 0) is 48.5 Å². The second kappa shape index (κ2) is 12.4. The number of rotatable bonds is 7. The quantitative estimate of drug-likeness (QED) is 0.396. The molecule has 3 heterocycles. The van der Waals surface area contributed by atoms with Crippen molar-refractivity contribution in [1.82, 2.24) is 19.9 Å². The highest BCUT2D eigenvalue weighted by Crippen LogP contribution is 2.33. The lowest BCUT2D eigenvalue weighted by atomic mass is 10.0. The topological polar surface area (TPSA) is 137 Å². The first-order valence-electron chi connectivity index (χ1n) is 13.3. The molecule has 5 rings (SSSR count). The smallest absolute Gasteiger partial charge is 0.301 e. The Morgan fingerprint density at radius 1 is 1.24 bits per heavy atom. The van der Waals surface area contributed by atoms with Gasteiger partial charge >= 0.3 is 5.92 Å². The Balaban J connectivity index is 1.27. The van der Waals surface area contributed by atoms with E-state index in [1.165, 1.54) is 25.4 Å². The second-order valence-corrected chi connectivity index (χ2v) is 9.92. The molecule has 0 saturated carbocycles. The summed E-state index contributed by atoms with van der Waals surface area (Å²) in [5, 5.41) is 21.9. The van der Waals surface area contributed by atoms with E-state index in [1.807, 2.05) is 30.3 Å². The first-order chi connectivity index (χ1) is 20.3. The fourth-order valence-corrected chi connectivity index (χ4v) is 4.85. The van der Waals surface area contributed by atoms with Crippen LogP contribution < -0.4 is 15.0 Å². The number of piperidine rings is 1. The van der Waals surface area contributed by atoms with Gasteiger partial charge in [0.1, 0.15) is 18.1 Å². The SMILES string of the molecule is CC(=O)N1CC[C@H](Oc2ccc(-c3ncnc(Nc4ccc(N5CCOC(/C=C/O)C5)cc4)n3)cc2C#N)C(F)(F)C1. The number of halogens is 2. The van der Waals surface area contributed by atoms with Gasteiger partial charge in [0.25, 0.3) is 0 Å². The van der Waals surface area contributed by atoms with Gasteiger partial charge in [-0.25, -0.2) is 18.7 Å². The summed E-state index contributed by atoms with van der Waals surface area (Å²) in [5.74, 6) is -3.10. The number of amides is 1. The Labute approximate surface area is 241 Å². The van der Waals surface area contributed by atoms with Crippen molar-refractivity contribution in [2.24, 2.45) is 0 Å². The van der Waals surface area contributed by atoms with Gasteiger partial charge in [0, 0.05) is 49.9 Å². The molecule has 2 atom stereocenters. The molecule has 2 N–H and O–H groups in total. The number of nitriles is 1. The molecular weight excluding hydrogens is 548 g/mol. The fraction of sp³-hybridized carbons (Fsp3) is 0.345. The zero-order valence-corrected chi connectivity index (χ0v) is 22.8. The summed E-state index contributed by atoms with van der Waals surface area (Å²) in [5.41, 5.74) is 2.29. The number of alkyl halides is 2. The summed E-state index contributed by atoms with van der Waals surface area (Å²) in [6.07, 6.45) is 2.24. The number of carbonyl (C=O) groups is 1. The summed E-state index contributed by atoms with van der Waals surface area (Å²) < 4.78 is 40.5. The van der Waals surface area contributed by atoms with Crippen LogP contribution in [0, 0.1) is 11.3 Å². The Morgan fingerprint density at radius 2 is 2.05 bits per heavy atom. The maximum atomic E-state index is 14.7. The number of morpholine rings is 1. The summed E-state index contributed by atoms with van der Waals surface area (Å²) in [7, 11) is 0. The van der Waals surface area contributed by atoms with Gasteiger partial charge < -0.3 is 29.7 Å². The van der Waals surface area contributed by atoms with Gasteiger partial charge in [-0.2, -0.15) is 10.2 Å². The highest BCUT2D eigenvalue weighted by Gasteiger charge is 2.47. The largest absolute Gasteiger partial charge is 0.516 e. The van der Waals surface area contributed by atoms with Gasteiger partial charge in [0.05, 0.1) is 31.1 Å². The molecule has 2 aliphatic rings. The van der Waals surface area contributed by atoms with Gasteiger partial charge in [0.15, 0.2) is 11.9 Å². The molecule has 0 bridgehead atoms. The fourth-order valence-electron chi connectivity index (χ4n) is 4.85. The minimum Gasteiger partial charge on any atom is -0.516 e. The summed E-state index contributed by atoms with van der Waals surface area (Å²) in [6, 6.07) is 14.2. The molecule has 1 unspecified atom stereocenters. The molecule has 1 amide bonds. The standard InChI is InChI=1S/C29H29F2N7O4/c1-19(40)38-10-8-26(29(30,31)17-38)42-25-7-2-20(14-21(25)15-32)27-33-18-34-28(36-27)35-22-3-5-23(6-4-22)37-11-13-41-24(16-37)9-12-39/h2-7,9,12,14,18,24,26,39H,8,10-11,13,16-17H2,1H3,(H,33,34,35,36)/b12-9+/t24?,26-/m0/s1. The van der Waals surface area contributed by atoms with Crippen molar-refractivity contribution in [2.75, 3.05) is 43.0 Å².